The van der Waals surface area contributed by atoms with Crippen LogP contribution in [0.4, 0.5) is 5.69 Å². The molecule has 0 aromatic heterocycles. The fourth-order valence-corrected chi connectivity index (χ4v) is 2.31. The maximum absolute atomic E-state index is 8.89. The summed E-state index contributed by atoms with van der Waals surface area (Å²) in [4.78, 5) is 0. The van der Waals surface area contributed by atoms with Gasteiger partial charge in [0.2, 0.25) is 0 Å². The maximum atomic E-state index is 8.89. The number of anilines is 1. The van der Waals surface area contributed by atoms with Crippen LogP contribution in [-0.4, -0.2) is 0 Å². The quantitative estimate of drug-likeness (QED) is 0.897. The van der Waals surface area contributed by atoms with Crippen LogP contribution in [0.3, 0.4) is 0 Å². The molecule has 0 aliphatic heterocycles. The van der Waals surface area contributed by atoms with Crippen molar-refractivity contribution in [3.8, 4) is 6.07 Å². The van der Waals surface area contributed by atoms with E-state index >= 15 is 0 Å². The molecule has 4 heteroatoms. The largest absolute Gasteiger partial charge is 0.381 e. The minimum atomic E-state index is 0.623. The molecule has 2 rings (SSSR count). The van der Waals surface area contributed by atoms with E-state index in [0.29, 0.717) is 12.1 Å². The van der Waals surface area contributed by atoms with Gasteiger partial charge in [-0.3, -0.25) is 0 Å². The molecular formula is C14H10BrClN2. The van der Waals surface area contributed by atoms with E-state index < -0.39 is 0 Å². The standard InChI is InChI=1S/C14H10BrClN2/c15-12-4-11(8-17)6-14(7-12)18-9-10-2-1-3-13(16)5-10/h1-7,18H,9H2. The lowest BCUT2D eigenvalue weighted by molar-refractivity contribution is 1.15. The number of hydrogen-bond donors (Lipinski definition) is 1. The number of halogens is 2. The maximum Gasteiger partial charge on any atom is 0.0992 e. The van der Waals surface area contributed by atoms with Crippen molar-refractivity contribution in [3.05, 3.63) is 63.1 Å². The van der Waals surface area contributed by atoms with Crippen LogP contribution < -0.4 is 5.32 Å². The summed E-state index contributed by atoms with van der Waals surface area (Å²) in [5.74, 6) is 0. The zero-order chi connectivity index (χ0) is 13.0. The first kappa shape index (κ1) is 12.9. The smallest absolute Gasteiger partial charge is 0.0992 e. The molecule has 0 aliphatic carbocycles. The molecule has 0 radical (unpaired) electrons. The number of nitrogens with one attached hydrogen (secondary N) is 1. The number of hydrogen-bond acceptors (Lipinski definition) is 2. The molecule has 1 N–H and O–H groups in total. The second kappa shape index (κ2) is 5.90. The monoisotopic (exact) mass is 320 g/mol. The molecule has 0 fully saturated rings. The highest BCUT2D eigenvalue weighted by Crippen LogP contribution is 2.20. The van der Waals surface area contributed by atoms with Crippen molar-refractivity contribution in [2.75, 3.05) is 5.32 Å². The average Bonchev–Trinajstić information content (AvgIpc) is 2.36. The lowest BCUT2D eigenvalue weighted by Crippen LogP contribution is -1.99. The van der Waals surface area contributed by atoms with Gasteiger partial charge in [-0.2, -0.15) is 5.26 Å². The molecule has 0 bridgehead atoms. The highest BCUT2D eigenvalue weighted by atomic mass is 79.9. The Morgan fingerprint density at radius 2 is 2.06 bits per heavy atom. The highest BCUT2D eigenvalue weighted by Gasteiger charge is 1.99. The Bertz CT molecular complexity index is 605. The molecule has 0 saturated heterocycles. The fourth-order valence-electron chi connectivity index (χ4n) is 1.61. The second-order valence-corrected chi connectivity index (χ2v) is 5.18. The molecule has 90 valence electrons. The molecule has 2 aromatic rings. The molecule has 0 spiro atoms. The average molecular weight is 322 g/mol. The number of rotatable bonds is 3. The first-order valence-electron chi connectivity index (χ1n) is 5.36. The van der Waals surface area contributed by atoms with Gasteiger partial charge in [-0.15, -0.1) is 0 Å². The Morgan fingerprint density at radius 1 is 1.22 bits per heavy atom. The summed E-state index contributed by atoms with van der Waals surface area (Å²) < 4.78 is 0.884. The van der Waals surface area contributed by atoms with Crippen molar-refractivity contribution < 1.29 is 0 Å². The van der Waals surface area contributed by atoms with E-state index in [-0.39, 0.29) is 0 Å². The van der Waals surface area contributed by atoms with Gasteiger partial charge in [0, 0.05) is 21.7 Å². The summed E-state index contributed by atoms with van der Waals surface area (Å²) in [7, 11) is 0. The third-order valence-corrected chi connectivity index (χ3v) is 3.11. The van der Waals surface area contributed by atoms with Crippen LogP contribution in [0.5, 0.6) is 0 Å². The normalized spacial score (nSPS) is 9.83. The van der Waals surface area contributed by atoms with Gasteiger partial charge in [0.15, 0.2) is 0 Å². The van der Waals surface area contributed by atoms with Crippen molar-refractivity contribution in [2.45, 2.75) is 6.54 Å². The number of nitriles is 1. The first-order chi connectivity index (χ1) is 8.67. The minimum Gasteiger partial charge on any atom is -0.381 e. The van der Waals surface area contributed by atoms with Gasteiger partial charge in [0.1, 0.15) is 0 Å². The Balaban J connectivity index is 2.11. The Labute approximate surface area is 119 Å². The van der Waals surface area contributed by atoms with Crippen LogP contribution in [0.15, 0.2) is 46.9 Å². The topological polar surface area (TPSA) is 35.8 Å². The van der Waals surface area contributed by atoms with Crippen LogP contribution in [-0.2, 0) is 6.54 Å². The molecule has 2 aromatic carbocycles. The SMILES string of the molecule is N#Cc1cc(Br)cc(NCc2cccc(Cl)c2)c1. The summed E-state index contributed by atoms with van der Waals surface area (Å²) >= 11 is 9.30. The highest BCUT2D eigenvalue weighted by molar-refractivity contribution is 9.10. The van der Waals surface area contributed by atoms with Gasteiger partial charge in [0.25, 0.3) is 0 Å². The van der Waals surface area contributed by atoms with Crippen molar-refractivity contribution in [2.24, 2.45) is 0 Å². The van der Waals surface area contributed by atoms with E-state index in [9.17, 15) is 0 Å². The third kappa shape index (κ3) is 3.49. The summed E-state index contributed by atoms with van der Waals surface area (Å²) in [5, 5.41) is 12.9. The van der Waals surface area contributed by atoms with Gasteiger partial charge in [-0.25, -0.2) is 0 Å². The van der Waals surface area contributed by atoms with E-state index in [1.165, 1.54) is 0 Å². The van der Waals surface area contributed by atoms with Crippen LogP contribution in [0.25, 0.3) is 0 Å². The predicted molar refractivity (Wildman–Crippen MR) is 77.6 cm³/mol. The van der Waals surface area contributed by atoms with Crippen molar-refractivity contribution in [3.63, 3.8) is 0 Å². The summed E-state index contributed by atoms with van der Waals surface area (Å²) in [5.41, 5.74) is 2.62. The molecule has 0 aliphatic rings. The summed E-state index contributed by atoms with van der Waals surface area (Å²) in [6, 6.07) is 15.3. The van der Waals surface area contributed by atoms with Gasteiger partial charge in [-0.05, 0) is 35.9 Å². The third-order valence-electron chi connectivity index (χ3n) is 2.41. The second-order valence-electron chi connectivity index (χ2n) is 3.82. The Hall–Kier alpha value is -1.50. The van der Waals surface area contributed by atoms with Gasteiger partial charge < -0.3 is 5.32 Å². The van der Waals surface area contributed by atoms with E-state index in [0.717, 1.165) is 20.7 Å². The molecule has 0 atom stereocenters. The lowest BCUT2D eigenvalue weighted by atomic mass is 10.2. The van der Waals surface area contributed by atoms with Crippen molar-refractivity contribution in [1.29, 1.82) is 5.26 Å². The van der Waals surface area contributed by atoms with Gasteiger partial charge >= 0.3 is 0 Å². The molecule has 0 saturated carbocycles. The van der Waals surface area contributed by atoms with Crippen LogP contribution in [0, 0.1) is 11.3 Å². The van der Waals surface area contributed by atoms with Crippen molar-refractivity contribution in [1.82, 2.24) is 0 Å². The Kier molecular flexibility index (Phi) is 4.24. The lowest BCUT2D eigenvalue weighted by Gasteiger charge is -2.08. The molecule has 0 amide bonds. The van der Waals surface area contributed by atoms with Crippen molar-refractivity contribution >= 4 is 33.2 Å². The van der Waals surface area contributed by atoms with E-state index in [2.05, 4.69) is 27.3 Å². The predicted octanol–water partition coefficient (Wildman–Crippen LogP) is 4.59. The number of benzene rings is 2. The molecule has 0 unspecified atom stereocenters. The molecular weight excluding hydrogens is 312 g/mol. The van der Waals surface area contributed by atoms with Gasteiger partial charge in [0.05, 0.1) is 11.6 Å². The van der Waals surface area contributed by atoms with E-state index in [4.69, 9.17) is 16.9 Å². The zero-order valence-electron chi connectivity index (χ0n) is 9.45. The number of nitrogens with zero attached hydrogens (tertiary/aromatic N) is 1. The van der Waals surface area contributed by atoms with Crippen LogP contribution >= 0.6 is 27.5 Å². The summed E-state index contributed by atoms with van der Waals surface area (Å²) in [6.45, 7) is 0.669. The van der Waals surface area contributed by atoms with Gasteiger partial charge in [-0.1, -0.05) is 39.7 Å². The molecule has 0 heterocycles. The van der Waals surface area contributed by atoms with Crippen LogP contribution in [0.1, 0.15) is 11.1 Å². The van der Waals surface area contributed by atoms with E-state index in [1.807, 2.05) is 36.4 Å². The molecule has 18 heavy (non-hydrogen) atoms. The van der Waals surface area contributed by atoms with E-state index in [1.54, 1.807) is 6.07 Å². The Morgan fingerprint density at radius 3 is 2.78 bits per heavy atom. The first-order valence-corrected chi connectivity index (χ1v) is 6.53. The van der Waals surface area contributed by atoms with Crippen LogP contribution in [0.2, 0.25) is 5.02 Å². The molecule has 2 nitrogen and oxygen atoms in total. The minimum absolute atomic E-state index is 0.623. The summed E-state index contributed by atoms with van der Waals surface area (Å²) in [6.07, 6.45) is 0. The fraction of sp³-hybridized carbons (Fsp3) is 0.0714. The zero-order valence-corrected chi connectivity index (χ0v) is 11.8.